The van der Waals surface area contributed by atoms with Crippen molar-refractivity contribution in [3.8, 4) is 0 Å². The minimum Gasteiger partial charge on any atom is -0.346 e. The smallest absolute Gasteiger partial charge is 0.185 e. The Morgan fingerprint density at radius 3 is 2.79 bits per heavy atom. The van der Waals surface area contributed by atoms with Gasteiger partial charge in [-0.2, -0.15) is 11.8 Å². The average Bonchev–Trinajstić information content (AvgIpc) is 2.68. The van der Waals surface area contributed by atoms with E-state index in [9.17, 15) is 4.79 Å². The molecule has 0 aromatic carbocycles. The van der Waals surface area contributed by atoms with Crippen LogP contribution in [0.5, 0.6) is 0 Å². The van der Waals surface area contributed by atoms with Crippen molar-refractivity contribution in [2.75, 3.05) is 29.5 Å². The van der Waals surface area contributed by atoms with E-state index in [4.69, 9.17) is 0 Å². The van der Waals surface area contributed by atoms with Crippen LogP contribution in [0.25, 0.3) is 0 Å². The van der Waals surface area contributed by atoms with Crippen LogP contribution in [-0.4, -0.2) is 35.4 Å². The molecule has 1 aliphatic rings. The fraction of sp³-hybridized carbons (Fsp3) is 0.556. The molecule has 0 amide bonds. The molecule has 76 valence electrons. The minimum atomic E-state index is 0.111. The van der Waals surface area contributed by atoms with Gasteiger partial charge in [0.2, 0.25) is 0 Å². The van der Waals surface area contributed by atoms with Crippen molar-refractivity contribution >= 4 is 34.0 Å². The van der Waals surface area contributed by atoms with Gasteiger partial charge >= 0.3 is 0 Å². The SMILES string of the molecule is CC(=O)c1cnc(N2CCSCC2)s1. The maximum atomic E-state index is 11.1. The molecule has 0 aliphatic carbocycles. The summed E-state index contributed by atoms with van der Waals surface area (Å²) in [6.07, 6.45) is 1.68. The summed E-state index contributed by atoms with van der Waals surface area (Å²) in [5.41, 5.74) is 0. The zero-order valence-electron chi connectivity index (χ0n) is 8.02. The van der Waals surface area contributed by atoms with Crippen molar-refractivity contribution in [2.24, 2.45) is 0 Å². The molecule has 2 rings (SSSR count). The molecule has 3 nitrogen and oxygen atoms in total. The number of thioether (sulfide) groups is 1. The summed E-state index contributed by atoms with van der Waals surface area (Å²) < 4.78 is 0. The van der Waals surface area contributed by atoms with Gasteiger partial charge < -0.3 is 4.90 Å². The van der Waals surface area contributed by atoms with E-state index < -0.39 is 0 Å². The number of aromatic nitrogens is 1. The van der Waals surface area contributed by atoms with Crippen LogP contribution in [-0.2, 0) is 0 Å². The van der Waals surface area contributed by atoms with Gasteiger partial charge in [0.15, 0.2) is 10.9 Å². The first-order valence-electron chi connectivity index (χ1n) is 4.57. The number of hydrogen-bond donors (Lipinski definition) is 0. The molecule has 1 saturated heterocycles. The number of carbonyl (C=O) groups excluding carboxylic acids is 1. The third-order valence-electron chi connectivity index (χ3n) is 2.12. The molecule has 1 aromatic heterocycles. The largest absolute Gasteiger partial charge is 0.346 e. The average molecular weight is 228 g/mol. The van der Waals surface area contributed by atoms with E-state index in [1.807, 2.05) is 11.8 Å². The molecular formula is C9H12N2OS2. The maximum absolute atomic E-state index is 11.1. The predicted molar refractivity (Wildman–Crippen MR) is 61.7 cm³/mol. The lowest BCUT2D eigenvalue weighted by molar-refractivity contribution is 0.102. The summed E-state index contributed by atoms with van der Waals surface area (Å²) in [7, 11) is 0. The van der Waals surface area contributed by atoms with Crippen LogP contribution in [0.3, 0.4) is 0 Å². The second kappa shape index (κ2) is 4.31. The molecule has 0 bridgehead atoms. The number of thiazole rings is 1. The molecule has 0 spiro atoms. The van der Waals surface area contributed by atoms with Crippen molar-refractivity contribution in [3.05, 3.63) is 11.1 Å². The summed E-state index contributed by atoms with van der Waals surface area (Å²) >= 11 is 3.48. The minimum absolute atomic E-state index is 0.111. The maximum Gasteiger partial charge on any atom is 0.185 e. The second-order valence-corrected chi connectivity index (χ2v) is 5.40. The number of carbonyl (C=O) groups is 1. The Bertz CT molecular complexity index is 331. The van der Waals surface area contributed by atoms with Crippen molar-refractivity contribution in [1.82, 2.24) is 4.98 Å². The molecular weight excluding hydrogens is 216 g/mol. The second-order valence-electron chi connectivity index (χ2n) is 3.16. The molecule has 0 radical (unpaired) electrons. The Balaban J connectivity index is 2.11. The third kappa shape index (κ3) is 2.09. The quantitative estimate of drug-likeness (QED) is 0.724. The first kappa shape index (κ1) is 9.98. The van der Waals surface area contributed by atoms with E-state index in [0.717, 1.165) is 34.6 Å². The highest BCUT2D eigenvalue weighted by Crippen LogP contribution is 2.25. The molecule has 5 heteroatoms. The normalized spacial score (nSPS) is 17.1. The molecule has 14 heavy (non-hydrogen) atoms. The van der Waals surface area contributed by atoms with E-state index >= 15 is 0 Å². The van der Waals surface area contributed by atoms with Crippen molar-refractivity contribution in [3.63, 3.8) is 0 Å². The van der Waals surface area contributed by atoms with Gasteiger partial charge in [-0.15, -0.1) is 0 Å². The number of nitrogens with zero attached hydrogens (tertiary/aromatic N) is 2. The Morgan fingerprint density at radius 1 is 1.50 bits per heavy atom. The number of Topliss-reactive ketones (excluding diaryl/α,β-unsaturated/α-hetero) is 1. The van der Waals surface area contributed by atoms with Gasteiger partial charge in [0, 0.05) is 31.5 Å². The Morgan fingerprint density at radius 2 is 2.21 bits per heavy atom. The molecule has 0 atom stereocenters. The van der Waals surface area contributed by atoms with Gasteiger partial charge in [-0.1, -0.05) is 11.3 Å². The molecule has 1 aromatic rings. The van der Waals surface area contributed by atoms with Crippen LogP contribution in [0.15, 0.2) is 6.20 Å². The van der Waals surface area contributed by atoms with Gasteiger partial charge in [0.25, 0.3) is 0 Å². The van der Waals surface area contributed by atoms with Crippen LogP contribution in [0, 0.1) is 0 Å². The highest BCUT2D eigenvalue weighted by molar-refractivity contribution is 7.99. The van der Waals surface area contributed by atoms with Crippen LogP contribution in [0.2, 0.25) is 0 Å². The zero-order chi connectivity index (χ0) is 9.97. The number of rotatable bonds is 2. The van der Waals surface area contributed by atoms with Crippen LogP contribution < -0.4 is 4.90 Å². The summed E-state index contributed by atoms with van der Waals surface area (Å²) in [6, 6.07) is 0. The standard InChI is InChI=1S/C9H12N2OS2/c1-7(12)8-6-10-9(14-8)11-2-4-13-5-3-11/h6H,2-5H2,1H3. The molecule has 1 aliphatic heterocycles. The molecule has 2 heterocycles. The summed E-state index contributed by atoms with van der Waals surface area (Å²) in [5, 5.41) is 0.996. The lowest BCUT2D eigenvalue weighted by Crippen LogP contribution is -2.32. The summed E-state index contributed by atoms with van der Waals surface area (Å²) in [5.74, 6) is 2.43. The lowest BCUT2D eigenvalue weighted by Gasteiger charge is -2.25. The predicted octanol–water partition coefficient (Wildman–Crippen LogP) is 1.90. The third-order valence-corrected chi connectivity index (χ3v) is 4.22. The lowest BCUT2D eigenvalue weighted by atomic mass is 10.4. The Hall–Kier alpha value is -0.550. The van der Waals surface area contributed by atoms with Crippen LogP contribution >= 0.6 is 23.1 Å². The molecule has 0 saturated carbocycles. The highest BCUT2D eigenvalue weighted by atomic mass is 32.2. The first-order chi connectivity index (χ1) is 6.77. The van der Waals surface area contributed by atoms with E-state index in [1.54, 1.807) is 13.1 Å². The molecule has 0 N–H and O–H groups in total. The summed E-state index contributed by atoms with van der Waals surface area (Å²) in [4.78, 5) is 18.4. The Labute approximate surface area is 91.5 Å². The topological polar surface area (TPSA) is 33.2 Å². The van der Waals surface area contributed by atoms with Gasteiger partial charge in [-0.05, 0) is 0 Å². The number of hydrogen-bond acceptors (Lipinski definition) is 5. The van der Waals surface area contributed by atoms with Gasteiger partial charge in [0.05, 0.1) is 11.1 Å². The zero-order valence-corrected chi connectivity index (χ0v) is 9.66. The van der Waals surface area contributed by atoms with Crippen LogP contribution in [0.1, 0.15) is 16.6 Å². The van der Waals surface area contributed by atoms with E-state index in [-0.39, 0.29) is 5.78 Å². The van der Waals surface area contributed by atoms with E-state index in [1.165, 1.54) is 11.3 Å². The molecule has 0 unspecified atom stereocenters. The molecule has 1 fully saturated rings. The fourth-order valence-corrected chi connectivity index (χ4v) is 3.09. The van der Waals surface area contributed by atoms with Gasteiger partial charge in [-0.3, -0.25) is 4.79 Å². The van der Waals surface area contributed by atoms with Gasteiger partial charge in [-0.25, -0.2) is 4.98 Å². The number of anilines is 1. The fourth-order valence-electron chi connectivity index (χ4n) is 1.33. The van der Waals surface area contributed by atoms with E-state index in [0.29, 0.717) is 0 Å². The summed E-state index contributed by atoms with van der Waals surface area (Å²) in [6.45, 7) is 3.69. The van der Waals surface area contributed by atoms with Crippen molar-refractivity contribution in [2.45, 2.75) is 6.92 Å². The van der Waals surface area contributed by atoms with E-state index in [2.05, 4.69) is 9.88 Å². The highest BCUT2D eigenvalue weighted by Gasteiger charge is 2.15. The van der Waals surface area contributed by atoms with Crippen molar-refractivity contribution < 1.29 is 4.79 Å². The number of ketones is 1. The Kier molecular flexibility index (Phi) is 3.08. The first-order valence-corrected chi connectivity index (χ1v) is 6.54. The van der Waals surface area contributed by atoms with Crippen LogP contribution in [0.4, 0.5) is 5.13 Å². The van der Waals surface area contributed by atoms with Crippen molar-refractivity contribution in [1.29, 1.82) is 0 Å². The van der Waals surface area contributed by atoms with Gasteiger partial charge in [0.1, 0.15) is 0 Å². The monoisotopic (exact) mass is 228 g/mol.